The molecule has 0 bridgehead atoms. The van der Waals surface area contributed by atoms with Crippen molar-refractivity contribution in [2.24, 2.45) is 0 Å². The van der Waals surface area contributed by atoms with Gasteiger partial charge in [0.2, 0.25) is 0 Å². The van der Waals surface area contributed by atoms with E-state index in [1.165, 1.54) is 12.1 Å². The smallest absolute Gasteiger partial charge is 0.297 e. The maximum absolute atomic E-state index is 12.3. The normalized spacial score (nSPS) is 17.2. The SMILES string of the molecule is Cc1ccc(S(=O)(=O)OC[C@@H]2Cc3c(ccc4occc34)OO2)cc1. The molecule has 7 heteroatoms. The average Bonchev–Trinajstić information content (AvgIpc) is 3.09. The van der Waals surface area contributed by atoms with Gasteiger partial charge in [-0.2, -0.15) is 13.3 Å². The predicted molar refractivity (Wildman–Crippen MR) is 89.7 cm³/mol. The van der Waals surface area contributed by atoms with Crippen LogP contribution in [0.15, 0.2) is 58.0 Å². The number of rotatable bonds is 4. The van der Waals surface area contributed by atoms with Gasteiger partial charge >= 0.3 is 0 Å². The second-order valence-corrected chi connectivity index (χ2v) is 7.55. The number of hydrogen-bond donors (Lipinski definition) is 0. The number of fused-ring (bicyclic) bond motifs is 3. The lowest BCUT2D eigenvalue weighted by molar-refractivity contribution is -0.259. The Balaban J connectivity index is 1.49. The minimum atomic E-state index is -3.84. The number of benzene rings is 2. The lowest BCUT2D eigenvalue weighted by Gasteiger charge is -2.23. The third-order valence-electron chi connectivity index (χ3n) is 4.13. The van der Waals surface area contributed by atoms with Crippen LogP contribution in [0, 0.1) is 6.92 Å². The van der Waals surface area contributed by atoms with Crippen molar-refractivity contribution in [2.45, 2.75) is 24.3 Å². The standard InChI is InChI=1S/C18H16O6S/c1-12-2-4-14(5-3-12)25(19,20)22-11-13-10-16-15-8-9-21-17(15)6-7-18(16)24-23-13/h2-9,13H,10-11H2,1H3/t13-/m0/s1. The van der Waals surface area contributed by atoms with E-state index in [9.17, 15) is 8.42 Å². The van der Waals surface area contributed by atoms with Crippen LogP contribution < -0.4 is 4.89 Å². The second kappa shape index (κ2) is 6.18. The third-order valence-corrected chi connectivity index (χ3v) is 5.42. The number of aryl methyl sites for hydroxylation is 1. The zero-order chi connectivity index (χ0) is 17.4. The van der Waals surface area contributed by atoms with Crippen molar-refractivity contribution in [3.05, 3.63) is 59.9 Å². The maximum atomic E-state index is 12.3. The molecular weight excluding hydrogens is 344 g/mol. The molecule has 0 N–H and O–H groups in total. The van der Waals surface area contributed by atoms with Crippen LogP contribution >= 0.6 is 0 Å². The summed E-state index contributed by atoms with van der Waals surface area (Å²) in [5.74, 6) is 0.603. The zero-order valence-electron chi connectivity index (χ0n) is 13.5. The van der Waals surface area contributed by atoms with E-state index in [0.717, 1.165) is 22.1 Å². The van der Waals surface area contributed by atoms with Crippen LogP contribution in [0.2, 0.25) is 0 Å². The molecule has 1 atom stereocenters. The van der Waals surface area contributed by atoms with Crippen LogP contribution in [-0.4, -0.2) is 21.1 Å². The summed E-state index contributed by atoms with van der Waals surface area (Å²) in [6.45, 7) is 1.75. The quantitative estimate of drug-likeness (QED) is 0.524. The molecule has 25 heavy (non-hydrogen) atoms. The topological polar surface area (TPSA) is 75.0 Å². The molecular formula is C18H16O6S. The Hall–Kier alpha value is -2.35. The van der Waals surface area contributed by atoms with E-state index in [-0.39, 0.29) is 11.5 Å². The van der Waals surface area contributed by atoms with Crippen molar-refractivity contribution < 1.29 is 26.8 Å². The summed E-state index contributed by atoms with van der Waals surface area (Å²) in [4.78, 5) is 10.7. The lowest BCUT2D eigenvalue weighted by Crippen LogP contribution is -2.29. The van der Waals surface area contributed by atoms with E-state index < -0.39 is 16.2 Å². The Morgan fingerprint density at radius 3 is 2.72 bits per heavy atom. The molecule has 0 fully saturated rings. The highest BCUT2D eigenvalue weighted by molar-refractivity contribution is 7.86. The molecule has 2 aromatic carbocycles. The molecule has 2 heterocycles. The molecule has 130 valence electrons. The first-order valence-corrected chi connectivity index (χ1v) is 9.22. The molecule has 4 rings (SSSR count). The van der Waals surface area contributed by atoms with Crippen molar-refractivity contribution in [2.75, 3.05) is 6.61 Å². The van der Waals surface area contributed by atoms with Crippen molar-refractivity contribution >= 4 is 21.1 Å². The van der Waals surface area contributed by atoms with E-state index in [1.807, 2.05) is 13.0 Å². The first-order chi connectivity index (χ1) is 12.0. The maximum Gasteiger partial charge on any atom is 0.297 e. The fourth-order valence-electron chi connectivity index (χ4n) is 2.78. The highest BCUT2D eigenvalue weighted by Gasteiger charge is 2.27. The average molecular weight is 360 g/mol. The largest absolute Gasteiger partial charge is 0.464 e. The summed E-state index contributed by atoms with van der Waals surface area (Å²) in [5.41, 5.74) is 2.64. The summed E-state index contributed by atoms with van der Waals surface area (Å²) in [7, 11) is -3.84. The van der Waals surface area contributed by atoms with E-state index in [4.69, 9.17) is 18.4 Å². The Labute approximate surface area is 145 Å². The summed E-state index contributed by atoms with van der Waals surface area (Å²) in [5, 5.41) is 0.923. The van der Waals surface area contributed by atoms with Gasteiger partial charge in [-0.25, -0.2) is 0 Å². The molecule has 0 aliphatic carbocycles. The molecule has 3 aromatic rings. The highest BCUT2D eigenvalue weighted by atomic mass is 32.2. The first-order valence-electron chi connectivity index (χ1n) is 7.81. The van der Waals surface area contributed by atoms with Gasteiger partial charge < -0.3 is 9.30 Å². The van der Waals surface area contributed by atoms with Gasteiger partial charge in [-0.1, -0.05) is 17.7 Å². The molecule has 0 spiro atoms. The molecule has 1 aliphatic rings. The third kappa shape index (κ3) is 3.13. The van der Waals surface area contributed by atoms with Gasteiger partial charge in [0.15, 0.2) is 5.75 Å². The van der Waals surface area contributed by atoms with Gasteiger partial charge in [0, 0.05) is 17.4 Å². The first kappa shape index (κ1) is 16.1. The molecule has 0 saturated carbocycles. The van der Waals surface area contributed by atoms with Crippen molar-refractivity contribution in [3.8, 4) is 5.75 Å². The van der Waals surface area contributed by atoms with Crippen LogP contribution in [0.25, 0.3) is 11.0 Å². The Morgan fingerprint density at radius 2 is 1.92 bits per heavy atom. The van der Waals surface area contributed by atoms with E-state index in [0.29, 0.717) is 12.2 Å². The Morgan fingerprint density at radius 1 is 1.12 bits per heavy atom. The second-order valence-electron chi connectivity index (χ2n) is 5.93. The van der Waals surface area contributed by atoms with Crippen molar-refractivity contribution in [3.63, 3.8) is 0 Å². The monoisotopic (exact) mass is 360 g/mol. The van der Waals surface area contributed by atoms with Gasteiger partial charge in [0.1, 0.15) is 11.7 Å². The van der Waals surface area contributed by atoms with E-state index >= 15 is 0 Å². The fraction of sp³-hybridized carbons (Fsp3) is 0.222. The zero-order valence-corrected chi connectivity index (χ0v) is 14.3. The molecule has 0 unspecified atom stereocenters. The van der Waals surface area contributed by atoms with Gasteiger partial charge in [-0.3, -0.25) is 4.18 Å². The van der Waals surface area contributed by atoms with Crippen molar-refractivity contribution in [1.82, 2.24) is 0 Å². The van der Waals surface area contributed by atoms with E-state index in [1.54, 1.807) is 30.5 Å². The van der Waals surface area contributed by atoms with Gasteiger partial charge in [-0.15, -0.1) is 0 Å². The molecule has 0 saturated heterocycles. The number of hydrogen-bond acceptors (Lipinski definition) is 6. The molecule has 1 aliphatic heterocycles. The van der Waals surface area contributed by atoms with Crippen LogP contribution in [-0.2, 0) is 25.6 Å². The summed E-state index contributed by atoms with van der Waals surface area (Å²) in [6.07, 6.45) is 1.54. The van der Waals surface area contributed by atoms with Crippen LogP contribution in [0.1, 0.15) is 11.1 Å². The minimum Gasteiger partial charge on any atom is -0.464 e. The lowest BCUT2D eigenvalue weighted by atomic mass is 10.0. The van der Waals surface area contributed by atoms with Crippen LogP contribution in [0.4, 0.5) is 0 Å². The summed E-state index contributed by atoms with van der Waals surface area (Å²) < 4.78 is 35.1. The highest BCUT2D eigenvalue weighted by Crippen LogP contribution is 2.33. The predicted octanol–water partition coefficient (Wildman–Crippen LogP) is 3.38. The van der Waals surface area contributed by atoms with Gasteiger partial charge in [0.05, 0.1) is 17.8 Å². The van der Waals surface area contributed by atoms with Gasteiger partial charge in [0.25, 0.3) is 10.1 Å². The fourth-order valence-corrected chi connectivity index (χ4v) is 3.72. The van der Waals surface area contributed by atoms with E-state index in [2.05, 4.69) is 0 Å². The summed E-state index contributed by atoms with van der Waals surface area (Å²) in [6, 6.07) is 11.9. The minimum absolute atomic E-state index is 0.118. The summed E-state index contributed by atoms with van der Waals surface area (Å²) >= 11 is 0. The van der Waals surface area contributed by atoms with Crippen molar-refractivity contribution in [1.29, 1.82) is 0 Å². The Bertz CT molecular complexity index is 1000. The molecule has 6 nitrogen and oxygen atoms in total. The molecule has 0 radical (unpaired) electrons. The number of furan rings is 1. The molecule has 1 aromatic heterocycles. The van der Waals surface area contributed by atoms with Crippen LogP contribution in [0.5, 0.6) is 5.75 Å². The Kier molecular flexibility index (Phi) is 3.99. The molecule has 0 amide bonds. The van der Waals surface area contributed by atoms with Gasteiger partial charge in [-0.05, 0) is 37.3 Å². The van der Waals surface area contributed by atoms with Crippen LogP contribution in [0.3, 0.4) is 0 Å².